The maximum atomic E-state index is 13.8. The first kappa shape index (κ1) is 24.4. The second-order valence-corrected chi connectivity index (χ2v) is 8.87. The first-order valence-electron chi connectivity index (χ1n) is 9.69. The number of amides is 1. The van der Waals surface area contributed by atoms with E-state index in [1.165, 1.54) is 0 Å². The summed E-state index contributed by atoms with van der Waals surface area (Å²) in [5.41, 5.74) is -1.21. The van der Waals surface area contributed by atoms with Crippen molar-refractivity contribution in [3.05, 3.63) is 74.8 Å². The smallest absolute Gasteiger partial charge is 0.363 e. The average molecular weight is 568 g/mol. The molecule has 0 unspecified atom stereocenters. The molecule has 0 aliphatic carbocycles. The lowest BCUT2D eigenvalue weighted by Crippen LogP contribution is -2.35. The highest BCUT2D eigenvalue weighted by molar-refractivity contribution is 9.10. The molecule has 0 fully saturated rings. The van der Waals surface area contributed by atoms with Gasteiger partial charge in [0.15, 0.2) is 11.7 Å². The minimum atomic E-state index is -4.68. The van der Waals surface area contributed by atoms with Gasteiger partial charge >= 0.3 is 12.4 Å². The summed E-state index contributed by atoms with van der Waals surface area (Å²) in [5.74, 6) is -1.06. The third kappa shape index (κ3) is 5.02. The Morgan fingerprint density at radius 2 is 1.76 bits per heavy atom. The summed E-state index contributed by atoms with van der Waals surface area (Å²) in [4.78, 5) is 12.6. The molecule has 5 nitrogen and oxygen atoms in total. The summed E-state index contributed by atoms with van der Waals surface area (Å²) in [7, 11) is 0. The molecular weight excluding hydrogens is 554 g/mol. The normalized spacial score (nSPS) is 18.2. The topological polar surface area (TPSA) is 59.0 Å². The van der Waals surface area contributed by atoms with Gasteiger partial charge in [0.1, 0.15) is 5.82 Å². The molecular formula is C21H14BrClF6N4O. The first-order valence-corrected chi connectivity index (χ1v) is 10.9. The van der Waals surface area contributed by atoms with Crippen molar-refractivity contribution < 1.29 is 31.1 Å². The highest BCUT2D eigenvalue weighted by atomic mass is 79.9. The van der Waals surface area contributed by atoms with Crippen molar-refractivity contribution in [3.8, 4) is 0 Å². The van der Waals surface area contributed by atoms with Gasteiger partial charge in [-0.25, -0.2) is 4.68 Å². The van der Waals surface area contributed by atoms with E-state index in [-0.39, 0.29) is 22.9 Å². The van der Waals surface area contributed by atoms with E-state index < -0.39 is 41.6 Å². The van der Waals surface area contributed by atoms with Gasteiger partial charge in [0.25, 0.3) is 5.91 Å². The molecule has 1 aromatic heterocycles. The predicted molar refractivity (Wildman–Crippen MR) is 117 cm³/mol. The van der Waals surface area contributed by atoms with Gasteiger partial charge in [-0.05, 0) is 35.9 Å². The number of nitrogens with zero attached hydrogens (tertiary/aromatic N) is 2. The maximum absolute atomic E-state index is 13.8. The Labute approximate surface area is 202 Å². The Kier molecular flexibility index (Phi) is 6.32. The van der Waals surface area contributed by atoms with E-state index in [0.29, 0.717) is 16.3 Å². The molecule has 1 aliphatic heterocycles. The van der Waals surface area contributed by atoms with Crippen LogP contribution in [0.5, 0.6) is 0 Å². The van der Waals surface area contributed by atoms with Crippen molar-refractivity contribution in [1.82, 2.24) is 9.78 Å². The zero-order valence-electron chi connectivity index (χ0n) is 16.8. The van der Waals surface area contributed by atoms with Crippen molar-refractivity contribution in [2.75, 3.05) is 10.6 Å². The molecule has 3 aromatic rings. The summed E-state index contributed by atoms with van der Waals surface area (Å²) in [6.45, 7) is 0. The number of alkyl halides is 6. The fourth-order valence-electron chi connectivity index (χ4n) is 3.58. The summed E-state index contributed by atoms with van der Waals surface area (Å²) in [6.07, 6.45) is -9.71. The van der Waals surface area contributed by atoms with Gasteiger partial charge in [0.2, 0.25) is 0 Å². The molecule has 1 amide bonds. The number of nitrogens with one attached hydrogen (secondary N) is 2. The molecule has 2 aromatic carbocycles. The minimum absolute atomic E-state index is 0.0539. The van der Waals surface area contributed by atoms with Crippen LogP contribution >= 0.6 is 27.5 Å². The number of benzene rings is 2. The molecule has 0 saturated carbocycles. The Morgan fingerprint density at radius 3 is 2.38 bits per heavy atom. The van der Waals surface area contributed by atoms with E-state index in [1.54, 1.807) is 24.3 Å². The number of aromatic nitrogens is 2. The molecule has 2 atom stereocenters. The van der Waals surface area contributed by atoms with Crippen LogP contribution in [0.4, 0.5) is 37.8 Å². The minimum Gasteiger partial charge on any atom is -0.363 e. The molecule has 0 radical (unpaired) electrons. The Morgan fingerprint density at radius 1 is 1.09 bits per heavy atom. The number of fused-ring (bicyclic) bond motifs is 1. The zero-order valence-corrected chi connectivity index (χ0v) is 19.1. The summed E-state index contributed by atoms with van der Waals surface area (Å²) < 4.78 is 81.8. The van der Waals surface area contributed by atoms with Crippen molar-refractivity contribution >= 4 is 44.9 Å². The quantitative estimate of drug-likeness (QED) is 0.328. The number of carbonyl (C=O) groups excluding carboxylic acids is 1. The van der Waals surface area contributed by atoms with Crippen LogP contribution < -0.4 is 10.6 Å². The van der Waals surface area contributed by atoms with E-state index in [9.17, 15) is 31.1 Å². The van der Waals surface area contributed by atoms with Crippen LogP contribution in [0.2, 0.25) is 5.02 Å². The SMILES string of the molecule is O=C(Nc1cc(C(F)(F)F)ccc1Cl)c1cc2n(n1)[C@H](C(F)(F)F)C[C@H](c1ccc(Br)cc1)N2. The van der Waals surface area contributed by atoms with Crippen molar-refractivity contribution in [3.63, 3.8) is 0 Å². The summed E-state index contributed by atoms with van der Waals surface area (Å²) >= 11 is 9.16. The largest absolute Gasteiger partial charge is 0.416 e. The summed E-state index contributed by atoms with van der Waals surface area (Å²) in [5, 5.41) is 8.75. The van der Waals surface area contributed by atoms with Gasteiger partial charge < -0.3 is 10.6 Å². The second kappa shape index (κ2) is 8.81. The molecule has 180 valence electrons. The lowest BCUT2D eigenvalue weighted by atomic mass is 9.97. The van der Waals surface area contributed by atoms with Crippen LogP contribution in [0.3, 0.4) is 0 Å². The van der Waals surface area contributed by atoms with Gasteiger partial charge in [-0.15, -0.1) is 0 Å². The lowest BCUT2D eigenvalue weighted by Gasteiger charge is -2.33. The Hall–Kier alpha value is -2.73. The number of anilines is 2. The van der Waals surface area contributed by atoms with Crippen LogP contribution in [0.15, 0.2) is 53.0 Å². The Bertz CT molecular complexity index is 1230. The Balaban J connectivity index is 1.64. The van der Waals surface area contributed by atoms with Crippen LogP contribution in [-0.2, 0) is 6.18 Å². The molecule has 0 spiro atoms. The number of carbonyl (C=O) groups is 1. The van der Waals surface area contributed by atoms with Gasteiger partial charge in [-0.3, -0.25) is 4.79 Å². The highest BCUT2D eigenvalue weighted by Gasteiger charge is 2.46. The average Bonchev–Trinajstić information content (AvgIpc) is 3.18. The molecule has 2 N–H and O–H groups in total. The highest BCUT2D eigenvalue weighted by Crippen LogP contribution is 2.44. The van der Waals surface area contributed by atoms with Gasteiger partial charge in [0, 0.05) is 17.0 Å². The van der Waals surface area contributed by atoms with Crippen LogP contribution in [-0.4, -0.2) is 21.9 Å². The van der Waals surface area contributed by atoms with E-state index in [4.69, 9.17) is 11.6 Å². The number of halogens is 8. The molecule has 2 heterocycles. The standard InChI is InChI=1S/C21H14BrClF6N4O/c22-12-4-1-10(2-5-12)14-8-17(21(27,28)29)33-18(30-14)9-16(32-33)19(34)31-15-7-11(20(24,25)26)3-6-13(15)23/h1-7,9,14,17,30H,8H2,(H,31,34)/t14-,17+/m1/s1. The predicted octanol–water partition coefficient (Wildman–Crippen LogP) is 7.23. The lowest BCUT2D eigenvalue weighted by molar-refractivity contribution is -0.173. The van der Waals surface area contributed by atoms with Crippen LogP contribution in [0.1, 0.15) is 40.1 Å². The number of hydrogen-bond acceptors (Lipinski definition) is 3. The molecule has 13 heteroatoms. The fourth-order valence-corrected chi connectivity index (χ4v) is 4.01. The number of rotatable bonds is 3. The fraction of sp³-hybridized carbons (Fsp3) is 0.238. The third-order valence-corrected chi connectivity index (χ3v) is 6.10. The summed E-state index contributed by atoms with van der Waals surface area (Å²) in [6, 6.07) is 7.46. The van der Waals surface area contributed by atoms with Crippen LogP contribution in [0, 0.1) is 0 Å². The van der Waals surface area contributed by atoms with E-state index in [0.717, 1.165) is 22.7 Å². The van der Waals surface area contributed by atoms with E-state index >= 15 is 0 Å². The maximum Gasteiger partial charge on any atom is 0.416 e. The van der Waals surface area contributed by atoms with Gasteiger partial charge in [0.05, 0.1) is 22.3 Å². The number of hydrogen-bond donors (Lipinski definition) is 2. The van der Waals surface area contributed by atoms with E-state index in [2.05, 4.69) is 31.7 Å². The van der Waals surface area contributed by atoms with Crippen molar-refractivity contribution in [2.24, 2.45) is 0 Å². The van der Waals surface area contributed by atoms with Gasteiger partial charge in [-0.1, -0.05) is 39.7 Å². The van der Waals surface area contributed by atoms with Crippen molar-refractivity contribution in [1.29, 1.82) is 0 Å². The second-order valence-electron chi connectivity index (χ2n) is 7.55. The van der Waals surface area contributed by atoms with Gasteiger partial charge in [-0.2, -0.15) is 31.4 Å². The van der Waals surface area contributed by atoms with Crippen molar-refractivity contribution in [2.45, 2.75) is 30.9 Å². The molecule has 34 heavy (non-hydrogen) atoms. The molecule has 0 bridgehead atoms. The third-order valence-electron chi connectivity index (χ3n) is 5.24. The first-order chi connectivity index (χ1) is 15.8. The molecule has 0 saturated heterocycles. The van der Waals surface area contributed by atoms with E-state index in [1.807, 2.05) is 0 Å². The molecule has 1 aliphatic rings. The van der Waals surface area contributed by atoms with Crippen LogP contribution in [0.25, 0.3) is 0 Å². The zero-order chi connectivity index (χ0) is 24.8. The monoisotopic (exact) mass is 566 g/mol. The molecule has 4 rings (SSSR count).